The Kier molecular flexibility index (Phi) is 37.4. The molecule has 1 unspecified atom stereocenters. The molecule has 2 aliphatic rings. The molecule has 0 bridgehead atoms. The highest BCUT2D eigenvalue weighted by Gasteiger charge is 2.30. The highest BCUT2D eigenvalue weighted by atomic mass is 35.5. The normalized spacial score (nSPS) is 16.2. The Bertz CT molecular complexity index is 3030. The number of ether oxygens (including phenoxy) is 10. The van der Waals surface area contributed by atoms with Crippen molar-refractivity contribution in [1.29, 1.82) is 0 Å². The average Bonchev–Trinajstić information content (AvgIpc) is 0.787. The quantitative estimate of drug-likeness (QED) is 0.0137. The monoisotopic (exact) mass is 1390 g/mol. The Morgan fingerprint density at radius 2 is 0.894 bits per heavy atom. The van der Waals surface area contributed by atoms with Crippen LogP contribution in [-0.4, -0.2) is 253 Å². The van der Waals surface area contributed by atoms with Gasteiger partial charge in [-0.25, -0.2) is 0 Å². The number of likely N-dealkylation sites (N-methyl/N-ethyl adjacent to an activating group) is 2. The first-order valence-corrected chi connectivity index (χ1v) is 33.0. The van der Waals surface area contributed by atoms with E-state index in [2.05, 4.69) is 79.0 Å². The number of rotatable bonds is 47. The van der Waals surface area contributed by atoms with Crippen molar-refractivity contribution in [3.63, 3.8) is 0 Å². The molecule has 0 saturated heterocycles. The molecule has 0 spiro atoms. The Morgan fingerprint density at radius 3 is 1.28 bits per heavy atom. The fourth-order valence-electron chi connectivity index (χ4n) is 10.3. The molecular weight excluding hydrogens is 1300 g/mol. The van der Waals surface area contributed by atoms with Gasteiger partial charge in [-0.05, 0) is 90.3 Å². The third kappa shape index (κ3) is 28.4. The van der Waals surface area contributed by atoms with Crippen molar-refractivity contribution in [2.75, 3.05) is 186 Å². The minimum atomic E-state index is -1.70. The molecular formula is C66H92Cl4N10O14. The van der Waals surface area contributed by atoms with E-state index in [1.54, 1.807) is 24.6 Å². The maximum Gasteiger partial charge on any atom is 0.251 e. The first-order valence-electron chi connectivity index (χ1n) is 31.5. The smallest absolute Gasteiger partial charge is 0.251 e. The average molecular weight is 1390 g/mol. The molecule has 24 nitrogen and oxygen atoms in total. The standard InChI is InChI=1S/C66H92Cl4N10O14/c1-79-43-55(53-37-51(67)39-59(69)57(53)45-79)47-5-3-7-49(35-47)61(77-71)41-73-11-15-85-19-23-89-27-31-93-33-29-91-25-21-87-17-13-75-64(82)10-9-63(81)65(83)66(84)76-14-18-88-22-26-92-30-34-94-32-28-90-24-20-86-16-12-74-42-62(78-72)50-8-4-6-48(36-50)56-44-80(2)46-58-54(56)38-52(68)40-60(58)70/h3-8,35-42,55-56,63,65,81,83H,9-34,43-46,71-72H2,1-2H3,(H,75,82)(H,76,84)/t55?,56-,63-,65+/m0/s1. The first-order chi connectivity index (χ1) is 45.8. The van der Waals surface area contributed by atoms with Crippen molar-refractivity contribution < 1.29 is 67.2 Å². The van der Waals surface area contributed by atoms with Gasteiger partial charge in [0.25, 0.3) is 5.91 Å². The largest absolute Gasteiger partial charge is 0.390 e. The van der Waals surface area contributed by atoms with Gasteiger partial charge in [0.1, 0.15) is 11.4 Å². The van der Waals surface area contributed by atoms with E-state index in [-0.39, 0.29) is 63.5 Å². The molecule has 94 heavy (non-hydrogen) atoms. The van der Waals surface area contributed by atoms with E-state index in [4.69, 9.17) is 105 Å². The Labute approximate surface area is 571 Å². The number of benzene rings is 4. The second-order valence-corrected chi connectivity index (χ2v) is 23.8. The summed E-state index contributed by atoms with van der Waals surface area (Å²) in [6.45, 7) is 11.7. The Balaban J connectivity index is 0.640. The fourth-order valence-corrected chi connectivity index (χ4v) is 11.4. The molecule has 0 aliphatic carbocycles. The van der Waals surface area contributed by atoms with Crippen LogP contribution in [0.3, 0.4) is 0 Å². The van der Waals surface area contributed by atoms with Gasteiger partial charge in [-0.1, -0.05) is 82.8 Å². The number of fused-ring (bicyclic) bond motifs is 2. The minimum Gasteiger partial charge on any atom is -0.390 e. The molecule has 2 heterocycles. The van der Waals surface area contributed by atoms with Crippen molar-refractivity contribution >= 4 is 82.1 Å². The van der Waals surface area contributed by atoms with Crippen LogP contribution in [0.4, 0.5) is 0 Å². The summed E-state index contributed by atoms with van der Waals surface area (Å²) in [4.78, 5) is 38.0. The molecule has 28 heteroatoms. The van der Waals surface area contributed by atoms with Gasteiger partial charge in [0.15, 0.2) is 6.10 Å². The summed E-state index contributed by atoms with van der Waals surface area (Å²) in [5, 5.41) is 36.3. The maximum absolute atomic E-state index is 12.3. The number of carbonyl (C=O) groups is 2. The summed E-state index contributed by atoms with van der Waals surface area (Å²) in [6.07, 6.45) is -0.0241. The van der Waals surface area contributed by atoms with Crippen LogP contribution in [0.5, 0.6) is 0 Å². The number of carbonyl (C=O) groups excluding carboxylic acids is 2. The first kappa shape index (κ1) is 77.7. The van der Waals surface area contributed by atoms with E-state index in [0.717, 1.165) is 70.7 Å². The molecule has 518 valence electrons. The van der Waals surface area contributed by atoms with Crippen molar-refractivity contribution in [1.82, 2.24) is 20.4 Å². The third-order valence-corrected chi connectivity index (χ3v) is 16.1. The lowest BCUT2D eigenvalue weighted by Gasteiger charge is -2.33. The highest BCUT2D eigenvalue weighted by molar-refractivity contribution is 6.39. The number of aliphatic hydroxyl groups excluding tert-OH is 2. The summed E-state index contributed by atoms with van der Waals surface area (Å²) in [5.41, 5.74) is 9.48. The molecule has 0 radical (unpaired) electrons. The van der Waals surface area contributed by atoms with E-state index in [1.807, 2.05) is 36.4 Å². The van der Waals surface area contributed by atoms with Gasteiger partial charge in [0.05, 0.1) is 151 Å². The van der Waals surface area contributed by atoms with E-state index >= 15 is 0 Å². The number of aliphatic imine (C=N–C) groups is 2. The van der Waals surface area contributed by atoms with E-state index < -0.39 is 18.1 Å². The number of nitrogens with zero attached hydrogens (tertiary/aromatic N) is 6. The molecule has 4 atom stereocenters. The lowest BCUT2D eigenvalue weighted by molar-refractivity contribution is -0.136. The second-order valence-electron chi connectivity index (χ2n) is 22.1. The maximum atomic E-state index is 12.3. The van der Waals surface area contributed by atoms with Gasteiger partial charge >= 0.3 is 0 Å². The number of hydrazone groups is 2. The molecule has 2 amide bonds. The SMILES string of the molecule is CN1Cc2c(Cl)cc(Cl)cc2C(c2cccc(C(C=NCCOCCOCCOCCOCCOCCNC(=O)CC[C@H](O)[C@@H](O)C(=O)NCCOCCOCCOCCOCCOCCN=CC(=NN)c3cccc([C@@H]4CN(C)Cc5c(Cl)cc(Cl)cc54)c3)=NN)c2)C1. The predicted octanol–water partition coefficient (Wildman–Crippen LogP) is 5.52. The summed E-state index contributed by atoms with van der Waals surface area (Å²) in [7, 11) is 4.16. The van der Waals surface area contributed by atoms with Gasteiger partial charge in [-0.15, -0.1) is 0 Å². The third-order valence-electron chi connectivity index (χ3n) is 15.0. The lowest BCUT2D eigenvalue weighted by atomic mass is 9.84. The van der Waals surface area contributed by atoms with Gasteiger partial charge < -0.3 is 89.7 Å². The zero-order valence-corrected chi connectivity index (χ0v) is 56.8. The molecule has 0 saturated carbocycles. The molecule has 8 N–H and O–H groups in total. The van der Waals surface area contributed by atoms with E-state index in [0.29, 0.717) is 157 Å². The van der Waals surface area contributed by atoms with Gasteiger partial charge in [-0.3, -0.25) is 19.6 Å². The van der Waals surface area contributed by atoms with E-state index in [9.17, 15) is 19.8 Å². The lowest BCUT2D eigenvalue weighted by Crippen LogP contribution is -2.43. The number of halogens is 4. The zero-order chi connectivity index (χ0) is 67.1. The molecule has 4 aromatic rings. The van der Waals surface area contributed by atoms with Crippen molar-refractivity contribution in [3.05, 3.63) is 137 Å². The summed E-state index contributed by atoms with van der Waals surface area (Å²) in [6, 6.07) is 23.8. The van der Waals surface area contributed by atoms with Crippen molar-refractivity contribution in [3.8, 4) is 0 Å². The van der Waals surface area contributed by atoms with Gasteiger partial charge in [-0.2, -0.15) is 10.2 Å². The van der Waals surface area contributed by atoms with Crippen LogP contribution in [0.2, 0.25) is 20.1 Å². The molecule has 2 aliphatic heterocycles. The Hall–Kier alpha value is -5.30. The molecule has 4 aromatic carbocycles. The molecule has 0 aromatic heterocycles. The van der Waals surface area contributed by atoms with Gasteiger partial charge in [0.2, 0.25) is 5.91 Å². The van der Waals surface area contributed by atoms with Crippen LogP contribution < -0.4 is 22.3 Å². The highest BCUT2D eigenvalue weighted by Crippen LogP contribution is 2.40. The number of amides is 2. The predicted molar refractivity (Wildman–Crippen MR) is 366 cm³/mol. The summed E-state index contributed by atoms with van der Waals surface area (Å²) >= 11 is 26.0. The number of aliphatic hydroxyl groups is 2. The van der Waals surface area contributed by atoms with Crippen LogP contribution >= 0.6 is 46.4 Å². The minimum absolute atomic E-state index is 0.0851. The second kappa shape index (κ2) is 45.3. The zero-order valence-electron chi connectivity index (χ0n) is 53.7. The topological polar surface area (TPSA) is 299 Å². The number of hydrogen-bond acceptors (Lipinski definition) is 22. The molecule has 0 fully saturated rings. The number of nitrogens with one attached hydrogen (secondary N) is 2. The van der Waals surface area contributed by atoms with Crippen molar-refractivity contribution in [2.45, 2.75) is 50.0 Å². The summed E-state index contributed by atoms with van der Waals surface area (Å²) < 4.78 is 55.5. The van der Waals surface area contributed by atoms with Crippen LogP contribution in [0.25, 0.3) is 0 Å². The fraction of sp³-hybridized carbons (Fsp3) is 0.545. The van der Waals surface area contributed by atoms with E-state index in [1.165, 1.54) is 0 Å². The molecule has 6 rings (SSSR count). The van der Waals surface area contributed by atoms with Gasteiger partial charge in [0, 0.05) is 101 Å². The van der Waals surface area contributed by atoms with Crippen molar-refractivity contribution in [2.24, 2.45) is 31.9 Å². The number of nitrogens with two attached hydrogens (primary N) is 2. The van der Waals surface area contributed by atoms with Crippen LogP contribution in [0, 0.1) is 0 Å². The summed E-state index contributed by atoms with van der Waals surface area (Å²) in [5.74, 6) is 10.6. The van der Waals surface area contributed by atoms with Crippen LogP contribution in [0.15, 0.2) is 93.0 Å². The Morgan fingerprint density at radius 1 is 0.532 bits per heavy atom. The number of hydrogen-bond donors (Lipinski definition) is 6. The van der Waals surface area contributed by atoms with Crippen LogP contribution in [0.1, 0.15) is 69.2 Å². The van der Waals surface area contributed by atoms with Crippen LogP contribution in [-0.2, 0) is 70.0 Å².